The van der Waals surface area contributed by atoms with Gasteiger partial charge in [-0.25, -0.2) is 0 Å². The number of likely N-dealkylation sites (tertiary alicyclic amines) is 1. The Morgan fingerprint density at radius 2 is 1.64 bits per heavy atom. The van der Waals surface area contributed by atoms with Crippen molar-refractivity contribution in [1.82, 2.24) is 4.90 Å². The van der Waals surface area contributed by atoms with Crippen LogP contribution in [0, 0.1) is 5.92 Å². The third-order valence-electron chi connectivity index (χ3n) is 6.94. The molecule has 5 rings (SSSR count). The van der Waals surface area contributed by atoms with Gasteiger partial charge in [-0.3, -0.25) is 4.90 Å². The average molecular weight is 456 g/mol. The predicted molar refractivity (Wildman–Crippen MR) is 137 cm³/mol. The first kappa shape index (κ1) is 22.2. The number of nitrogens with zero attached hydrogens (tertiary/aromatic N) is 1. The van der Waals surface area contributed by atoms with Crippen LogP contribution in [0.25, 0.3) is 5.57 Å². The summed E-state index contributed by atoms with van der Waals surface area (Å²) in [6.45, 7) is 1.63. The molecule has 0 saturated carbocycles. The van der Waals surface area contributed by atoms with Crippen LogP contribution >= 0.6 is 11.6 Å². The zero-order valence-corrected chi connectivity index (χ0v) is 19.5. The molecular weight excluding hydrogens is 426 g/mol. The van der Waals surface area contributed by atoms with Crippen molar-refractivity contribution in [3.63, 3.8) is 0 Å². The van der Waals surface area contributed by atoms with Crippen molar-refractivity contribution in [2.75, 3.05) is 6.54 Å². The van der Waals surface area contributed by atoms with E-state index in [1.165, 1.54) is 27.8 Å². The molecule has 0 spiro atoms. The first-order valence-electron chi connectivity index (χ1n) is 11.8. The molecule has 3 aromatic carbocycles. The Labute approximate surface area is 201 Å². The molecule has 0 amide bonds. The highest BCUT2D eigenvalue weighted by Crippen LogP contribution is 2.42. The lowest BCUT2D eigenvalue weighted by atomic mass is 9.86. The van der Waals surface area contributed by atoms with Crippen LogP contribution in [0.2, 0.25) is 5.02 Å². The second-order valence-corrected chi connectivity index (χ2v) is 9.58. The summed E-state index contributed by atoms with van der Waals surface area (Å²) in [7, 11) is 0. The highest BCUT2D eigenvalue weighted by molar-refractivity contribution is 6.30. The van der Waals surface area contributed by atoms with Crippen LogP contribution in [0.1, 0.15) is 29.5 Å². The van der Waals surface area contributed by atoms with Crippen molar-refractivity contribution >= 4 is 17.2 Å². The number of halogens is 1. The molecule has 3 aromatic rings. The Balaban J connectivity index is 1.53. The molecule has 1 fully saturated rings. The molecule has 1 unspecified atom stereocenters. The number of aliphatic hydroxyl groups excluding tert-OH is 1. The van der Waals surface area contributed by atoms with E-state index in [0.29, 0.717) is 6.42 Å². The minimum Gasteiger partial charge on any atom is -0.391 e. The average Bonchev–Trinajstić information content (AvgIpc) is 3.05. The highest BCUT2D eigenvalue weighted by Gasteiger charge is 2.42. The Hall–Kier alpha value is -2.65. The van der Waals surface area contributed by atoms with Crippen molar-refractivity contribution in [3.05, 3.63) is 124 Å². The summed E-state index contributed by atoms with van der Waals surface area (Å²) >= 11 is 6.29. The van der Waals surface area contributed by atoms with E-state index in [1.807, 2.05) is 36.4 Å². The summed E-state index contributed by atoms with van der Waals surface area (Å²) in [5.74, 6) is 0.209. The number of allylic oxidation sites excluding steroid dienone is 2. The lowest BCUT2D eigenvalue weighted by Crippen LogP contribution is -2.42. The molecule has 1 N–H and O–H groups in total. The van der Waals surface area contributed by atoms with Crippen LogP contribution in [-0.4, -0.2) is 28.7 Å². The largest absolute Gasteiger partial charge is 0.391 e. The quantitative estimate of drug-likeness (QED) is 0.426. The zero-order chi connectivity index (χ0) is 22.6. The van der Waals surface area contributed by atoms with E-state index in [4.69, 9.17) is 11.6 Å². The van der Waals surface area contributed by atoms with Gasteiger partial charge in [-0.05, 0) is 59.2 Å². The molecule has 2 nitrogen and oxygen atoms in total. The minimum absolute atomic E-state index is 0.0206. The fraction of sp³-hybridized carbons (Fsp3) is 0.267. The molecule has 168 valence electrons. The number of aliphatic hydroxyl groups is 1. The normalized spacial score (nSPS) is 21.6. The van der Waals surface area contributed by atoms with Crippen molar-refractivity contribution in [2.45, 2.75) is 38.0 Å². The van der Waals surface area contributed by atoms with Crippen LogP contribution in [0.4, 0.5) is 0 Å². The topological polar surface area (TPSA) is 23.5 Å². The second-order valence-electron chi connectivity index (χ2n) is 9.14. The zero-order valence-electron chi connectivity index (χ0n) is 18.8. The third kappa shape index (κ3) is 4.99. The molecule has 0 bridgehead atoms. The molecule has 0 radical (unpaired) electrons. The van der Waals surface area contributed by atoms with Gasteiger partial charge in [0.25, 0.3) is 0 Å². The summed E-state index contributed by atoms with van der Waals surface area (Å²) in [5, 5.41) is 12.3. The van der Waals surface area contributed by atoms with Gasteiger partial charge in [0.1, 0.15) is 0 Å². The van der Waals surface area contributed by atoms with Gasteiger partial charge in [-0.2, -0.15) is 0 Å². The van der Waals surface area contributed by atoms with Crippen LogP contribution in [-0.2, 0) is 13.0 Å². The molecule has 2 aliphatic rings. The maximum Gasteiger partial charge on any atom is 0.0744 e. The van der Waals surface area contributed by atoms with Crippen molar-refractivity contribution in [3.8, 4) is 0 Å². The van der Waals surface area contributed by atoms with E-state index < -0.39 is 6.10 Å². The fourth-order valence-electron chi connectivity index (χ4n) is 5.48. The monoisotopic (exact) mass is 455 g/mol. The number of rotatable bonds is 6. The highest BCUT2D eigenvalue weighted by atomic mass is 35.5. The molecule has 1 aliphatic heterocycles. The van der Waals surface area contributed by atoms with Crippen LogP contribution in [0.15, 0.2) is 103 Å². The molecule has 1 heterocycles. The van der Waals surface area contributed by atoms with Crippen molar-refractivity contribution in [2.24, 2.45) is 5.92 Å². The molecular formula is C30H30ClNO. The van der Waals surface area contributed by atoms with E-state index >= 15 is 0 Å². The van der Waals surface area contributed by atoms with Gasteiger partial charge in [-0.15, -0.1) is 0 Å². The lowest BCUT2D eigenvalue weighted by Gasteiger charge is -2.31. The Kier molecular flexibility index (Phi) is 6.78. The summed E-state index contributed by atoms with van der Waals surface area (Å²) in [6, 6.07) is 29.2. The number of hydrogen-bond acceptors (Lipinski definition) is 2. The van der Waals surface area contributed by atoms with E-state index in [-0.39, 0.29) is 12.0 Å². The van der Waals surface area contributed by atoms with Crippen LogP contribution in [0.5, 0.6) is 0 Å². The molecule has 33 heavy (non-hydrogen) atoms. The van der Waals surface area contributed by atoms with Gasteiger partial charge in [0.05, 0.1) is 6.10 Å². The fourth-order valence-corrected chi connectivity index (χ4v) is 5.69. The molecule has 1 saturated heterocycles. The molecule has 0 aromatic heterocycles. The summed E-state index contributed by atoms with van der Waals surface area (Å²) in [5.41, 5.74) is 6.56. The van der Waals surface area contributed by atoms with Gasteiger partial charge in [0.2, 0.25) is 0 Å². The maximum absolute atomic E-state index is 11.6. The maximum atomic E-state index is 11.6. The number of fused-ring (bicyclic) bond motifs is 1. The third-order valence-corrected chi connectivity index (χ3v) is 7.17. The SMILES string of the molecule is O[C@@H](Cc1ccccc1)[C@H]1C2C=CCCC(c3ccccc3)=C2CN1Cc1cccc(Cl)c1. The minimum atomic E-state index is -0.464. The standard InChI is InChI=1S/C30H30ClNO/c31-25-15-9-12-23(18-25)20-32-21-28-26(24-13-5-2-6-14-24)16-7-8-17-27(28)30(32)29(33)19-22-10-3-1-4-11-22/h1-6,8-15,17-18,27,29-30,33H,7,16,19-21H2/t27?,29-,30+/m0/s1. The smallest absolute Gasteiger partial charge is 0.0744 e. The van der Waals surface area contributed by atoms with Gasteiger partial charge < -0.3 is 5.11 Å². The van der Waals surface area contributed by atoms with Gasteiger partial charge in [0, 0.05) is 30.1 Å². The van der Waals surface area contributed by atoms with E-state index in [2.05, 4.69) is 65.6 Å². The summed E-state index contributed by atoms with van der Waals surface area (Å²) in [4.78, 5) is 2.46. The number of hydrogen-bond donors (Lipinski definition) is 1. The van der Waals surface area contributed by atoms with Crippen LogP contribution < -0.4 is 0 Å². The Bertz CT molecular complexity index is 1140. The van der Waals surface area contributed by atoms with Crippen molar-refractivity contribution < 1.29 is 5.11 Å². The lowest BCUT2D eigenvalue weighted by molar-refractivity contribution is 0.0580. The van der Waals surface area contributed by atoms with Gasteiger partial charge in [0.15, 0.2) is 0 Å². The van der Waals surface area contributed by atoms with E-state index in [9.17, 15) is 5.11 Å². The molecule has 3 heteroatoms. The van der Waals surface area contributed by atoms with Gasteiger partial charge >= 0.3 is 0 Å². The molecule has 1 aliphatic carbocycles. The van der Waals surface area contributed by atoms with Gasteiger partial charge in [-0.1, -0.05) is 96.5 Å². The van der Waals surface area contributed by atoms with E-state index in [1.54, 1.807) is 0 Å². The summed E-state index contributed by atoms with van der Waals surface area (Å²) < 4.78 is 0. The van der Waals surface area contributed by atoms with Crippen molar-refractivity contribution in [1.29, 1.82) is 0 Å². The first-order valence-corrected chi connectivity index (χ1v) is 12.2. The second kappa shape index (κ2) is 10.1. The first-order chi connectivity index (χ1) is 16.2. The predicted octanol–water partition coefficient (Wildman–Crippen LogP) is 6.55. The Morgan fingerprint density at radius 3 is 2.39 bits per heavy atom. The molecule has 3 atom stereocenters. The Morgan fingerprint density at radius 1 is 0.909 bits per heavy atom. The number of benzene rings is 3. The van der Waals surface area contributed by atoms with Crippen LogP contribution in [0.3, 0.4) is 0 Å². The summed E-state index contributed by atoms with van der Waals surface area (Å²) in [6.07, 6.45) is 6.93. The van der Waals surface area contributed by atoms with E-state index in [0.717, 1.165) is 31.0 Å².